The lowest BCUT2D eigenvalue weighted by Gasteiger charge is -2.29. The van der Waals surface area contributed by atoms with Gasteiger partial charge < -0.3 is 20.1 Å². The van der Waals surface area contributed by atoms with Crippen molar-refractivity contribution in [2.24, 2.45) is 0 Å². The molecule has 2 heterocycles. The number of H-pyrrole nitrogens is 1. The fourth-order valence-corrected chi connectivity index (χ4v) is 4.56. The monoisotopic (exact) mass is 473 g/mol. The van der Waals surface area contributed by atoms with Crippen LogP contribution in [0.5, 0.6) is 11.5 Å². The van der Waals surface area contributed by atoms with Gasteiger partial charge in [-0.3, -0.25) is 24.0 Å². The Morgan fingerprint density at radius 2 is 2.00 bits per heavy atom. The van der Waals surface area contributed by atoms with Crippen LogP contribution in [0.3, 0.4) is 0 Å². The quantitative estimate of drug-likeness (QED) is 0.542. The lowest BCUT2D eigenvalue weighted by Crippen LogP contribution is -2.45. The van der Waals surface area contributed by atoms with Gasteiger partial charge in [-0.25, -0.2) is 4.79 Å². The minimum atomic E-state index is -0.655. The van der Waals surface area contributed by atoms with Crippen LogP contribution in [-0.4, -0.2) is 54.2 Å². The number of methoxy groups -OCH3 is 2. The average Bonchev–Trinajstić information content (AvgIpc) is 3.28. The zero-order valence-electron chi connectivity index (χ0n) is 20.4. The van der Waals surface area contributed by atoms with E-state index in [2.05, 4.69) is 9.88 Å². The maximum absolute atomic E-state index is 13.4. The second kappa shape index (κ2) is 11.2. The summed E-state index contributed by atoms with van der Waals surface area (Å²) >= 11 is 0. The molecule has 0 bridgehead atoms. The van der Waals surface area contributed by atoms with E-state index in [1.54, 1.807) is 21.1 Å². The minimum absolute atomic E-state index is 0.0184. The van der Waals surface area contributed by atoms with Crippen LogP contribution in [-0.2, 0) is 11.3 Å². The number of rotatable bonds is 10. The topological polar surface area (TPSA) is 123 Å². The molecule has 0 spiro atoms. The van der Waals surface area contributed by atoms with Crippen molar-refractivity contribution in [2.75, 3.05) is 44.5 Å². The summed E-state index contributed by atoms with van der Waals surface area (Å²) in [5.74, 6) is 1.22. The number of nitrogen functional groups attached to an aromatic ring is 1. The molecule has 1 aliphatic rings. The summed E-state index contributed by atoms with van der Waals surface area (Å²) in [5, 5.41) is 0. The Bertz CT molecular complexity index is 1130. The van der Waals surface area contributed by atoms with Gasteiger partial charge in [0.2, 0.25) is 5.91 Å². The number of amides is 1. The largest absolute Gasteiger partial charge is 0.497 e. The van der Waals surface area contributed by atoms with Gasteiger partial charge in [-0.05, 0) is 50.9 Å². The molecule has 0 aliphatic carbocycles. The number of hydrogen-bond acceptors (Lipinski definition) is 7. The third-order valence-electron chi connectivity index (χ3n) is 6.33. The van der Waals surface area contributed by atoms with E-state index in [0.717, 1.165) is 49.3 Å². The highest BCUT2D eigenvalue weighted by Crippen LogP contribution is 2.38. The van der Waals surface area contributed by atoms with Crippen LogP contribution in [0.2, 0.25) is 0 Å². The molecular formula is C24H35N5O5. The number of hydrogen-bond donors (Lipinski definition) is 2. The Kier molecular flexibility index (Phi) is 8.38. The SMILES string of the molecule is CCCCn1c(N)c(N(CC)C(=O)CN2CCCC2c2cc(OC)ccc2OC)c(=O)[nH]c1=O. The van der Waals surface area contributed by atoms with Crippen molar-refractivity contribution in [3.63, 3.8) is 0 Å². The molecule has 1 aromatic heterocycles. The maximum atomic E-state index is 13.4. The number of carbonyl (C=O) groups is 1. The number of nitrogens with one attached hydrogen (secondary N) is 1. The van der Waals surface area contributed by atoms with E-state index in [1.807, 2.05) is 25.1 Å². The molecule has 186 valence electrons. The van der Waals surface area contributed by atoms with Crippen molar-refractivity contribution in [1.29, 1.82) is 0 Å². The molecule has 10 nitrogen and oxygen atoms in total. The van der Waals surface area contributed by atoms with Gasteiger partial charge in [0.1, 0.15) is 17.3 Å². The number of ether oxygens (including phenoxy) is 2. The van der Waals surface area contributed by atoms with Crippen molar-refractivity contribution < 1.29 is 14.3 Å². The van der Waals surface area contributed by atoms with Crippen LogP contribution >= 0.6 is 0 Å². The highest BCUT2D eigenvalue weighted by Gasteiger charge is 2.32. The van der Waals surface area contributed by atoms with Crippen molar-refractivity contribution in [3.8, 4) is 11.5 Å². The zero-order valence-corrected chi connectivity index (χ0v) is 20.4. The maximum Gasteiger partial charge on any atom is 0.330 e. The van der Waals surface area contributed by atoms with E-state index < -0.39 is 11.2 Å². The van der Waals surface area contributed by atoms with Gasteiger partial charge in [0.15, 0.2) is 5.69 Å². The molecule has 3 N–H and O–H groups in total. The second-order valence-corrected chi connectivity index (χ2v) is 8.37. The Morgan fingerprint density at radius 1 is 1.24 bits per heavy atom. The number of nitrogens with two attached hydrogens (primary N) is 1. The van der Waals surface area contributed by atoms with Crippen molar-refractivity contribution in [2.45, 2.75) is 52.1 Å². The molecule has 1 amide bonds. The number of unbranched alkanes of at least 4 members (excludes halogenated alkanes) is 1. The van der Waals surface area contributed by atoms with E-state index in [9.17, 15) is 14.4 Å². The Morgan fingerprint density at radius 3 is 2.65 bits per heavy atom. The standard InChI is InChI=1S/C24H35N5O5/c1-5-7-13-29-22(25)21(23(31)26-24(29)32)28(6-2)20(30)15-27-12-8-9-18(27)17-14-16(33-3)10-11-19(17)34-4/h10-11,14,18H,5-9,12-13,15,25H2,1-4H3,(H,26,31,32). The number of carbonyl (C=O) groups excluding carboxylic acids is 1. The molecule has 1 unspecified atom stereocenters. The van der Waals surface area contributed by atoms with Crippen LogP contribution in [0.4, 0.5) is 11.5 Å². The summed E-state index contributed by atoms with van der Waals surface area (Å²) in [6.45, 7) is 5.24. The van der Waals surface area contributed by atoms with E-state index in [-0.39, 0.29) is 36.5 Å². The van der Waals surface area contributed by atoms with Crippen LogP contribution in [0, 0.1) is 0 Å². The van der Waals surface area contributed by atoms with E-state index >= 15 is 0 Å². The minimum Gasteiger partial charge on any atom is -0.497 e. The smallest absolute Gasteiger partial charge is 0.330 e. The number of likely N-dealkylation sites (tertiary alicyclic amines) is 1. The first-order valence-electron chi connectivity index (χ1n) is 11.7. The molecule has 1 atom stereocenters. The normalized spacial score (nSPS) is 15.9. The first kappa shape index (κ1) is 25.4. The predicted octanol–water partition coefficient (Wildman–Crippen LogP) is 2.13. The number of aromatic amines is 1. The molecule has 1 saturated heterocycles. The molecule has 0 radical (unpaired) electrons. The molecule has 1 aromatic carbocycles. The summed E-state index contributed by atoms with van der Waals surface area (Å²) < 4.78 is 12.3. The first-order valence-corrected chi connectivity index (χ1v) is 11.7. The Labute approximate surface area is 199 Å². The highest BCUT2D eigenvalue weighted by molar-refractivity contribution is 5.96. The van der Waals surface area contributed by atoms with Crippen LogP contribution < -0.4 is 31.4 Å². The van der Waals surface area contributed by atoms with Gasteiger partial charge in [-0.15, -0.1) is 0 Å². The fourth-order valence-electron chi connectivity index (χ4n) is 4.56. The molecule has 34 heavy (non-hydrogen) atoms. The lowest BCUT2D eigenvalue weighted by molar-refractivity contribution is -0.120. The van der Waals surface area contributed by atoms with Gasteiger partial charge >= 0.3 is 5.69 Å². The summed E-state index contributed by atoms with van der Waals surface area (Å²) in [4.78, 5) is 44.2. The molecule has 1 aliphatic heterocycles. The van der Waals surface area contributed by atoms with Gasteiger partial charge in [0.05, 0.1) is 20.8 Å². The Hall–Kier alpha value is -3.27. The van der Waals surface area contributed by atoms with Crippen molar-refractivity contribution in [3.05, 3.63) is 44.6 Å². The molecule has 1 fully saturated rings. The highest BCUT2D eigenvalue weighted by atomic mass is 16.5. The molecule has 0 saturated carbocycles. The summed E-state index contributed by atoms with van der Waals surface area (Å²) in [6, 6.07) is 5.62. The molecule has 2 aromatic rings. The number of benzene rings is 1. The van der Waals surface area contributed by atoms with Gasteiger partial charge in [0.25, 0.3) is 5.56 Å². The van der Waals surface area contributed by atoms with Crippen molar-refractivity contribution >= 4 is 17.4 Å². The lowest BCUT2D eigenvalue weighted by atomic mass is 10.0. The van der Waals surface area contributed by atoms with E-state index in [4.69, 9.17) is 15.2 Å². The number of nitrogens with zero attached hydrogens (tertiary/aromatic N) is 3. The molecule has 3 rings (SSSR count). The second-order valence-electron chi connectivity index (χ2n) is 8.37. The fraction of sp³-hybridized carbons (Fsp3) is 0.542. The van der Waals surface area contributed by atoms with Gasteiger partial charge in [0, 0.05) is 24.7 Å². The summed E-state index contributed by atoms with van der Waals surface area (Å²) in [7, 11) is 3.24. The summed E-state index contributed by atoms with van der Waals surface area (Å²) in [5.41, 5.74) is 6.01. The van der Waals surface area contributed by atoms with Gasteiger partial charge in [-0.2, -0.15) is 0 Å². The average molecular weight is 474 g/mol. The molecular weight excluding hydrogens is 438 g/mol. The third-order valence-corrected chi connectivity index (χ3v) is 6.33. The van der Waals surface area contributed by atoms with Gasteiger partial charge in [-0.1, -0.05) is 13.3 Å². The van der Waals surface area contributed by atoms with E-state index in [1.165, 1.54) is 9.47 Å². The van der Waals surface area contributed by atoms with Crippen LogP contribution in [0.1, 0.15) is 51.1 Å². The zero-order chi connectivity index (χ0) is 24.8. The third kappa shape index (κ3) is 5.11. The van der Waals surface area contributed by atoms with E-state index in [0.29, 0.717) is 6.54 Å². The number of aromatic nitrogens is 2. The predicted molar refractivity (Wildman–Crippen MR) is 132 cm³/mol. The number of likely N-dealkylation sites (N-methyl/N-ethyl adjacent to an activating group) is 1. The van der Waals surface area contributed by atoms with Crippen LogP contribution in [0.25, 0.3) is 0 Å². The first-order chi connectivity index (χ1) is 16.4. The van der Waals surface area contributed by atoms with Crippen LogP contribution in [0.15, 0.2) is 27.8 Å². The van der Waals surface area contributed by atoms with Crippen molar-refractivity contribution in [1.82, 2.24) is 14.5 Å². The molecule has 10 heteroatoms. The number of anilines is 2. The Balaban J connectivity index is 1.90. The summed E-state index contributed by atoms with van der Waals surface area (Å²) in [6.07, 6.45) is 3.39.